The van der Waals surface area contributed by atoms with Gasteiger partial charge in [-0.25, -0.2) is 0 Å². The fourth-order valence-corrected chi connectivity index (χ4v) is 4.01. The Morgan fingerprint density at radius 3 is 2.80 bits per heavy atom. The summed E-state index contributed by atoms with van der Waals surface area (Å²) in [5, 5.41) is 18.3. The maximum absolute atomic E-state index is 11.9. The first kappa shape index (κ1) is 18.2. The molecule has 0 spiro atoms. The van der Waals surface area contributed by atoms with E-state index < -0.39 is 0 Å². The summed E-state index contributed by atoms with van der Waals surface area (Å²) in [5.41, 5.74) is 2.11. The lowest BCUT2D eigenvalue weighted by Gasteiger charge is -2.02. The van der Waals surface area contributed by atoms with Crippen molar-refractivity contribution in [1.82, 2.24) is 4.98 Å². The third-order valence-corrected chi connectivity index (χ3v) is 5.65. The van der Waals surface area contributed by atoms with Crippen LogP contribution in [0, 0.1) is 0 Å². The SMILES string of the molecule is O=C(CSCc1ccccc1Br)N=Nc1c(O)[nH]c2ccc(Br)cc12. The number of nitrogens with zero attached hydrogens (tertiary/aromatic N) is 2. The van der Waals surface area contributed by atoms with Crippen molar-refractivity contribution in [3.05, 3.63) is 57.0 Å². The van der Waals surface area contributed by atoms with Gasteiger partial charge in [0.2, 0.25) is 5.88 Å². The van der Waals surface area contributed by atoms with Crippen LogP contribution in [0.2, 0.25) is 0 Å². The van der Waals surface area contributed by atoms with Gasteiger partial charge in [0.1, 0.15) is 0 Å². The summed E-state index contributed by atoms with van der Waals surface area (Å²) >= 11 is 8.32. The predicted molar refractivity (Wildman–Crippen MR) is 107 cm³/mol. The lowest BCUT2D eigenvalue weighted by molar-refractivity contribution is -0.115. The Labute approximate surface area is 165 Å². The van der Waals surface area contributed by atoms with Crippen molar-refractivity contribution < 1.29 is 9.90 Å². The number of benzene rings is 2. The van der Waals surface area contributed by atoms with Gasteiger partial charge in [0.15, 0.2) is 5.69 Å². The second-order valence-electron chi connectivity index (χ2n) is 5.19. The van der Waals surface area contributed by atoms with Gasteiger partial charge in [-0.05, 0) is 29.8 Å². The lowest BCUT2D eigenvalue weighted by Crippen LogP contribution is -1.96. The highest BCUT2D eigenvalue weighted by Gasteiger charge is 2.11. The van der Waals surface area contributed by atoms with Gasteiger partial charge in [0, 0.05) is 20.1 Å². The van der Waals surface area contributed by atoms with E-state index in [2.05, 4.69) is 47.1 Å². The van der Waals surface area contributed by atoms with Crippen LogP contribution in [0.25, 0.3) is 10.9 Å². The molecule has 25 heavy (non-hydrogen) atoms. The summed E-state index contributed by atoms with van der Waals surface area (Å²) in [5.74, 6) is 0.470. The molecule has 1 aromatic heterocycles. The minimum absolute atomic E-state index is 0.106. The van der Waals surface area contributed by atoms with Gasteiger partial charge in [0.25, 0.3) is 5.91 Å². The molecule has 3 rings (SSSR count). The Morgan fingerprint density at radius 2 is 2.00 bits per heavy atom. The number of nitrogens with one attached hydrogen (secondary N) is 1. The Morgan fingerprint density at radius 1 is 1.20 bits per heavy atom. The van der Waals surface area contributed by atoms with Crippen LogP contribution in [-0.2, 0) is 10.5 Å². The molecule has 2 aromatic carbocycles. The van der Waals surface area contributed by atoms with Gasteiger partial charge in [0.05, 0.1) is 11.3 Å². The molecule has 0 saturated heterocycles. The van der Waals surface area contributed by atoms with Crippen molar-refractivity contribution in [2.45, 2.75) is 5.75 Å². The molecule has 2 N–H and O–H groups in total. The molecule has 0 saturated carbocycles. The summed E-state index contributed by atoms with van der Waals surface area (Å²) in [7, 11) is 0. The van der Waals surface area contributed by atoms with Gasteiger partial charge in [-0.1, -0.05) is 50.1 Å². The zero-order valence-electron chi connectivity index (χ0n) is 12.9. The number of carbonyl (C=O) groups excluding carboxylic acids is 1. The van der Waals surface area contributed by atoms with Gasteiger partial charge >= 0.3 is 0 Å². The van der Waals surface area contributed by atoms with Crippen LogP contribution in [0.4, 0.5) is 5.69 Å². The second kappa shape index (κ2) is 8.16. The first-order valence-electron chi connectivity index (χ1n) is 7.30. The largest absolute Gasteiger partial charge is 0.493 e. The number of aromatic hydroxyl groups is 1. The summed E-state index contributed by atoms with van der Waals surface area (Å²) < 4.78 is 1.87. The summed E-state index contributed by atoms with van der Waals surface area (Å²) in [6, 6.07) is 13.4. The Bertz CT molecular complexity index is 956. The number of rotatable bonds is 5. The molecule has 1 heterocycles. The molecule has 128 valence electrons. The van der Waals surface area contributed by atoms with E-state index in [9.17, 15) is 9.90 Å². The summed E-state index contributed by atoms with van der Waals surface area (Å²) in [6.07, 6.45) is 0. The Balaban J connectivity index is 1.64. The van der Waals surface area contributed by atoms with E-state index in [1.165, 1.54) is 11.8 Å². The van der Waals surface area contributed by atoms with Crippen molar-refractivity contribution in [3.8, 4) is 5.88 Å². The number of thioether (sulfide) groups is 1. The number of fused-ring (bicyclic) bond motifs is 1. The number of H-pyrrole nitrogens is 1. The smallest absolute Gasteiger partial charge is 0.274 e. The minimum Gasteiger partial charge on any atom is -0.493 e. The number of hydrogen-bond acceptors (Lipinski definition) is 4. The fourth-order valence-electron chi connectivity index (χ4n) is 2.24. The van der Waals surface area contributed by atoms with Crippen molar-refractivity contribution in [2.24, 2.45) is 10.2 Å². The van der Waals surface area contributed by atoms with Crippen LogP contribution in [0.15, 0.2) is 61.6 Å². The Kier molecular flexibility index (Phi) is 5.93. The van der Waals surface area contributed by atoms with Crippen molar-refractivity contribution in [1.29, 1.82) is 0 Å². The monoisotopic (exact) mass is 481 g/mol. The van der Waals surface area contributed by atoms with Crippen LogP contribution >= 0.6 is 43.6 Å². The third-order valence-electron chi connectivity index (χ3n) is 3.42. The predicted octanol–water partition coefficient (Wildman–Crippen LogP) is 5.94. The van der Waals surface area contributed by atoms with Gasteiger partial charge in [-0.3, -0.25) is 4.79 Å². The van der Waals surface area contributed by atoms with Crippen molar-refractivity contribution in [3.63, 3.8) is 0 Å². The number of amides is 1. The molecule has 5 nitrogen and oxygen atoms in total. The normalized spacial score (nSPS) is 11.4. The maximum Gasteiger partial charge on any atom is 0.274 e. The molecule has 0 bridgehead atoms. The summed E-state index contributed by atoms with van der Waals surface area (Å²) in [6.45, 7) is 0. The van der Waals surface area contributed by atoms with E-state index in [0.29, 0.717) is 11.1 Å². The van der Waals surface area contributed by atoms with E-state index in [-0.39, 0.29) is 23.2 Å². The van der Waals surface area contributed by atoms with E-state index in [0.717, 1.165) is 20.0 Å². The molecule has 1 amide bonds. The van der Waals surface area contributed by atoms with E-state index in [4.69, 9.17) is 0 Å². The standard InChI is InChI=1S/C17H13Br2N3O2S/c18-11-5-6-14-12(7-11)16(17(24)20-14)22-21-15(23)9-25-8-10-3-1-2-4-13(10)19/h1-7,20,24H,8-9H2. The highest BCUT2D eigenvalue weighted by Crippen LogP contribution is 2.36. The van der Waals surface area contributed by atoms with Crippen LogP contribution in [-0.4, -0.2) is 21.8 Å². The average molecular weight is 483 g/mol. The van der Waals surface area contributed by atoms with E-state index in [1.54, 1.807) is 0 Å². The average Bonchev–Trinajstić information content (AvgIpc) is 2.89. The number of aromatic amines is 1. The van der Waals surface area contributed by atoms with Crippen LogP contribution in [0.3, 0.4) is 0 Å². The Hall–Kier alpha value is -1.64. The number of hydrogen-bond donors (Lipinski definition) is 2. The number of halogens is 2. The van der Waals surface area contributed by atoms with Crippen molar-refractivity contribution >= 4 is 66.1 Å². The van der Waals surface area contributed by atoms with E-state index in [1.807, 2.05) is 42.5 Å². The maximum atomic E-state index is 11.9. The van der Waals surface area contributed by atoms with Crippen LogP contribution in [0.1, 0.15) is 5.56 Å². The summed E-state index contributed by atoms with van der Waals surface area (Å²) in [4.78, 5) is 14.7. The fraction of sp³-hybridized carbons (Fsp3) is 0.118. The van der Waals surface area contributed by atoms with Gasteiger partial charge < -0.3 is 10.1 Å². The molecular weight excluding hydrogens is 470 g/mol. The zero-order valence-corrected chi connectivity index (χ0v) is 16.9. The lowest BCUT2D eigenvalue weighted by atomic mass is 10.2. The third kappa shape index (κ3) is 4.50. The molecule has 0 fully saturated rings. The number of carbonyl (C=O) groups is 1. The minimum atomic E-state index is -0.346. The first-order valence-corrected chi connectivity index (χ1v) is 10.0. The number of azo groups is 1. The number of aromatic nitrogens is 1. The highest BCUT2D eigenvalue weighted by molar-refractivity contribution is 9.10. The van der Waals surface area contributed by atoms with E-state index >= 15 is 0 Å². The molecule has 0 aliphatic heterocycles. The van der Waals surface area contributed by atoms with Crippen molar-refractivity contribution in [2.75, 3.05) is 5.75 Å². The van der Waals surface area contributed by atoms with Crippen LogP contribution in [0.5, 0.6) is 5.88 Å². The highest BCUT2D eigenvalue weighted by atomic mass is 79.9. The molecular formula is C17H13Br2N3O2S. The molecule has 0 atom stereocenters. The molecule has 0 aliphatic carbocycles. The zero-order chi connectivity index (χ0) is 17.8. The van der Waals surface area contributed by atoms with Gasteiger partial charge in [-0.2, -0.15) is 0 Å². The second-order valence-corrected chi connectivity index (χ2v) is 7.95. The molecule has 0 unspecified atom stereocenters. The quantitative estimate of drug-likeness (QED) is 0.441. The molecule has 0 radical (unpaired) electrons. The molecule has 8 heteroatoms. The molecule has 3 aromatic rings. The van der Waals surface area contributed by atoms with Crippen LogP contribution < -0.4 is 0 Å². The topological polar surface area (TPSA) is 77.8 Å². The van der Waals surface area contributed by atoms with Gasteiger partial charge in [-0.15, -0.1) is 22.0 Å². The molecule has 0 aliphatic rings. The first-order chi connectivity index (χ1) is 12.0.